The Morgan fingerprint density at radius 3 is 2.76 bits per heavy atom. The molecule has 4 nitrogen and oxygen atoms in total. The molecule has 2 aromatic carbocycles. The van der Waals surface area contributed by atoms with E-state index in [4.69, 9.17) is 4.74 Å². The van der Waals surface area contributed by atoms with Gasteiger partial charge in [0.1, 0.15) is 5.75 Å². The van der Waals surface area contributed by atoms with E-state index in [0.717, 1.165) is 30.1 Å². The highest BCUT2D eigenvalue weighted by Crippen LogP contribution is 2.23. The summed E-state index contributed by atoms with van der Waals surface area (Å²) in [7, 11) is 3.58. The lowest BCUT2D eigenvalue weighted by Gasteiger charge is -2.02. The van der Waals surface area contributed by atoms with Gasteiger partial charge in [-0.25, -0.2) is 0 Å². The fourth-order valence-corrected chi connectivity index (χ4v) is 4.73. The van der Waals surface area contributed by atoms with Crippen LogP contribution in [0.25, 0.3) is 10.2 Å². The van der Waals surface area contributed by atoms with Crippen LogP contribution in [0.3, 0.4) is 0 Å². The Balaban J connectivity index is 1.65. The van der Waals surface area contributed by atoms with Crippen molar-refractivity contribution in [3.63, 3.8) is 0 Å². The van der Waals surface area contributed by atoms with Gasteiger partial charge in [0.2, 0.25) is 5.91 Å². The molecule has 0 aliphatic heterocycles. The van der Waals surface area contributed by atoms with E-state index >= 15 is 0 Å². The van der Waals surface area contributed by atoms with Gasteiger partial charge in [0.15, 0.2) is 4.80 Å². The third-order valence-electron chi connectivity index (χ3n) is 3.64. The van der Waals surface area contributed by atoms with Gasteiger partial charge in [-0.3, -0.25) is 4.79 Å². The lowest BCUT2D eigenvalue weighted by Crippen LogP contribution is -2.13. The van der Waals surface area contributed by atoms with Gasteiger partial charge in [-0.1, -0.05) is 27.3 Å². The number of thiazole rings is 1. The largest absolute Gasteiger partial charge is 0.497 e. The van der Waals surface area contributed by atoms with Crippen LogP contribution in [0.2, 0.25) is 0 Å². The van der Waals surface area contributed by atoms with Gasteiger partial charge in [-0.2, -0.15) is 4.99 Å². The number of nitrogens with zero attached hydrogens (tertiary/aromatic N) is 2. The van der Waals surface area contributed by atoms with Crippen molar-refractivity contribution in [1.82, 2.24) is 4.57 Å². The van der Waals surface area contributed by atoms with Crippen molar-refractivity contribution in [2.75, 3.05) is 12.9 Å². The van der Waals surface area contributed by atoms with Crippen molar-refractivity contribution < 1.29 is 9.53 Å². The van der Waals surface area contributed by atoms with Crippen LogP contribution in [0, 0.1) is 0 Å². The summed E-state index contributed by atoms with van der Waals surface area (Å²) < 4.78 is 9.23. The molecule has 3 rings (SSSR count). The molecule has 0 saturated carbocycles. The van der Waals surface area contributed by atoms with Gasteiger partial charge in [-0.15, -0.1) is 11.8 Å². The molecule has 7 heteroatoms. The molecular formula is C18H17BrN2O2S2. The predicted octanol–water partition coefficient (Wildman–Crippen LogP) is 4.62. The fraction of sp³-hybridized carbons (Fsp3) is 0.222. The first-order valence-corrected chi connectivity index (χ1v) is 10.3. The number of hydrogen-bond donors (Lipinski definition) is 0. The van der Waals surface area contributed by atoms with Gasteiger partial charge in [-0.05, 0) is 42.5 Å². The van der Waals surface area contributed by atoms with Crippen molar-refractivity contribution in [2.24, 2.45) is 12.0 Å². The molecule has 0 unspecified atom stereocenters. The molecule has 0 N–H and O–H groups in total. The number of hydrogen-bond acceptors (Lipinski definition) is 4. The molecule has 25 heavy (non-hydrogen) atoms. The number of rotatable bonds is 5. The molecule has 0 aliphatic rings. The molecule has 0 atom stereocenters. The summed E-state index contributed by atoms with van der Waals surface area (Å²) in [6, 6.07) is 13.9. The second-order valence-electron chi connectivity index (χ2n) is 5.34. The molecule has 0 radical (unpaired) electrons. The first kappa shape index (κ1) is 18.2. The lowest BCUT2D eigenvalue weighted by atomic mass is 10.3. The molecule has 1 heterocycles. The smallest absolute Gasteiger partial charge is 0.249 e. The molecule has 0 aliphatic carbocycles. The standard InChI is InChI=1S/C18H17BrN2O2S2/c1-21-15-8-3-12(19)11-16(15)25-18(21)20-17(22)9-10-24-14-6-4-13(23-2)5-7-14/h3-8,11H,9-10H2,1-2H3. The number of thioether (sulfide) groups is 1. The van der Waals surface area contributed by atoms with Crippen LogP contribution < -0.4 is 9.54 Å². The number of carbonyl (C=O) groups excluding carboxylic acids is 1. The summed E-state index contributed by atoms with van der Waals surface area (Å²) in [6.45, 7) is 0. The highest BCUT2D eigenvalue weighted by molar-refractivity contribution is 9.10. The molecule has 1 aromatic heterocycles. The Morgan fingerprint density at radius 1 is 1.28 bits per heavy atom. The molecule has 0 bridgehead atoms. The molecular weight excluding hydrogens is 420 g/mol. The van der Waals surface area contributed by atoms with E-state index in [1.165, 1.54) is 11.3 Å². The fourth-order valence-electron chi connectivity index (χ4n) is 2.31. The van der Waals surface area contributed by atoms with Gasteiger partial charge >= 0.3 is 0 Å². The molecule has 0 saturated heterocycles. The SMILES string of the molecule is COc1ccc(SCCC(=O)N=c2sc3cc(Br)ccc3n2C)cc1. The zero-order valence-electron chi connectivity index (χ0n) is 13.9. The van der Waals surface area contributed by atoms with Gasteiger partial charge < -0.3 is 9.30 Å². The molecule has 0 spiro atoms. The van der Waals surface area contributed by atoms with Gasteiger partial charge in [0, 0.05) is 28.6 Å². The van der Waals surface area contributed by atoms with Crippen LogP contribution in [0.5, 0.6) is 5.75 Å². The highest BCUT2D eigenvalue weighted by atomic mass is 79.9. The molecule has 3 aromatic rings. The number of amides is 1. The number of aryl methyl sites for hydroxylation is 1. The summed E-state index contributed by atoms with van der Waals surface area (Å²) in [5, 5.41) is 0. The number of halogens is 1. The highest BCUT2D eigenvalue weighted by Gasteiger charge is 2.06. The zero-order chi connectivity index (χ0) is 17.8. The Labute approximate surface area is 162 Å². The van der Waals surface area contributed by atoms with Gasteiger partial charge in [0.05, 0.1) is 17.3 Å². The van der Waals surface area contributed by atoms with Crippen LogP contribution in [-0.2, 0) is 11.8 Å². The third kappa shape index (κ3) is 4.54. The zero-order valence-corrected chi connectivity index (χ0v) is 17.1. The molecule has 130 valence electrons. The summed E-state index contributed by atoms with van der Waals surface area (Å²) in [6.07, 6.45) is 0.411. The van der Waals surface area contributed by atoms with Crippen molar-refractivity contribution in [3.05, 3.63) is 51.7 Å². The summed E-state index contributed by atoms with van der Waals surface area (Å²) >= 11 is 6.64. The Bertz CT molecular complexity index is 961. The summed E-state index contributed by atoms with van der Waals surface area (Å²) in [5.74, 6) is 1.44. The van der Waals surface area contributed by atoms with Crippen LogP contribution in [-0.4, -0.2) is 23.3 Å². The number of fused-ring (bicyclic) bond motifs is 1. The van der Waals surface area contributed by atoms with E-state index in [-0.39, 0.29) is 5.91 Å². The number of ether oxygens (including phenoxy) is 1. The van der Waals surface area contributed by atoms with Crippen molar-refractivity contribution >= 4 is 55.2 Å². The quantitative estimate of drug-likeness (QED) is 0.547. The van der Waals surface area contributed by atoms with E-state index in [1.807, 2.05) is 54.1 Å². The maximum Gasteiger partial charge on any atom is 0.249 e. The summed E-state index contributed by atoms with van der Waals surface area (Å²) in [4.78, 5) is 18.3. The van der Waals surface area contributed by atoms with Crippen molar-refractivity contribution in [3.8, 4) is 5.75 Å². The van der Waals surface area contributed by atoms with Crippen LogP contribution >= 0.6 is 39.0 Å². The monoisotopic (exact) mass is 436 g/mol. The minimum absolute atomic E-state index is 0.0952. The van der Waals surface area contributed by atoms with E-state index in [9.17, 15) is 4.79 Å². The lowest BCUT2D eigenvalue weighted by molar-refractivity contribution is -0.117. The van der Waals surface area contributed by atoms with E-state index in [1.54, 1.807) is 18.9 Å². The van der Waals surface area contributed by atoms with Crippen LogP contribution in [0.1, 0.15) is 6.42 Å². The maximum atomic E-state index is 12.2. The number of carbonyl (C=O) groups is 1. The van der Waals surface area contributed by atoms with Crippen molar-refractivity contribution in [2.45, 2.75) is 11.3 Å². The number of methoxy groups -OCH3 is 1. The topological polar surface area (TPSA) is 43.6 Å². The second-order valence-corrected chi connectivity index (χ2v) is 8.43. The maximum absolute atomic E-state index is 12.2. The second kappa shape index (κ2) is 8.21. The van der Waals surface area contributed by atoms with E-state index < -0.39 is 0 Å². The third-order valence-corrected chi connectivity index (χ3v) is 6.24. The van der Waals surface area contributed by atoms with E-state index in [2.05, 4.69) is 20.9 Å². The average Bonchev–Trinajstić information content (AvgIpc) is 2.90. The Hall–Kier alpha value is -1.57. The first-order valence-electron chi connectivity index (χ1n) is 7.66. The molecule has 1 amide bonds. The normalized spacial score (nSPS) is 11.9. The molecule has 0 fully saturated rings. The minimum Gasteiger partial charge on any atom is -0.497 e. The Kier molecular flexibility index (Phi) is 5.98. The number of benzene rings is 2. The average molecular weight is 437 g/mol. The first-order chi connectivity index (χ1) is 12.1. The van der Waals surface area contributed by atoms with Crippen LogP contribution in [0.15, 0.2) is 56.8 Å². The minimum atomic E-state index is -0.0952. The predicted molar refractivity (Wildman–Crippen MR) is 107 cm³/mol. The van der Waals surface area contributed by atoms with Crippen molar-refractivity contribution in [1.29, 1.82) is 0 Å². The van der Waals surface area contributed by atoms with Gasteiger partial charge in [0.25, 0.3) is 0 Å². The Morgan fingerprint density at radius 2 is 2.04 bits per heavy atom. The van der Waals surface area contributed by atoms with E-state index in [0.29, 0.717) is 12.2 Å². The van der Waals surface area contributed by atoms with Crippen LogP contribution in [0.4, 0.5) is 0 Å². The number of aromatic nitrogens is 1. The summed E-state index contributed by atoms with van der Waals surface area (Å²) in [5.41, 5.74) is 1.08.